The van der Waals surface area contributed by atoms with Crippen molar-refractivity contribution in [1.82, 2.24) is 0 Å². The maximum Gasteiger partial charge on any atom is 0.387 e. The number of halogens is 4. The Labute approximate surface area is 206 Å². The number of fused-ring (bicyclic) bond motifs is 1. The lowest BCUT2D eigenvalue weighted by Gasteiger charge is -2.30. The first-order chi connectivity index (χ1) is 17.5. The van der Waals surface area contributed by atoms with Crippen LogP contribution in [0, 0.1) is 5.92 Å². The fraction of sp³-hybridized carbons (Fsp3) is 0.250. The summed E-state index contributed by atoms with van der Waals surface area (Å²) in [5, 5.41) is 7.05. The molecule has 0 saturated heterocycles. The molecule has 3 aromatic rings. The maximum atomic E-state index is 12.6. The summed E-state index contributed by atoms with van der Waals surface area (Å²) in [6.45, 7) is -5.74. The first-order valence-corrected chi connectivity index (χ1v) is 11.7. The zero-order chi connectivity index (χ0) is 25.1. The maximum absolute atomic E-state index is 12.6. The highest BCUT2D eigenvalue weighted by atomic mass is 19.3. The highest BCUT2D eigenvalue weighted by molar-refractivity contribution is 6.08. The smallest absolute Gasteiger partial charge is 0.387 e. The van der Waals surface area contributed by atoms with Crippen molar-refractivity contribution in [2.24, 2.45) is 11.0 Å². The largest absolute Gasteiger partial charge is 0.435 e. The Hall–Kier alpha value is -3.81. The molecule has 0 aromatic heterocycles. The number of ether oxygens (including phenoxy) is 2. The molecular weight excluding hydrogens is 472 g/mol. The molecule has 0 amide bonds. The van der Waals surface area contributed by atoms with E-state index in [1.54, 1.807) is 24.3 Å². The van der Waals surface area contributed by atoms with Gasteiger partial charge in [-0.15, -0.1) is 0 Å². The van der Waals surface area contributed by atoms with Crippen LogP contribution in [0.5, 0.6) is 11.5 Å². The molecule has 0 spiro atoms. The van der Waals surface area contributed by atoms with Gasteiger partial charge >= 0.3 is 13.2 Å². The van der Waals surface area contributed by atoms with E-state index in [2.05, 4.69) is 9.47 Å². The first-order valence-electron chi connectivity index (χ1n) is 11.7. The number of para-hydroxylation sites is 1. The molecule has 1 aliphatic heterocycles. The van der Waals surface area contributed by atoms with E-state index in [0.717, 1.165) is 47.4 Å². The van der Waals surface area contributed by atoms with Crippen LogP contribution >= 0.6 is 0 Å². The van der Waals surface area contributed by atoms with Crippen LogP contribution < -0.4 is 14.5 Å². The molecule has 1 aliphatic carbocycles. The molecule has 186 valence electrons. The molecule has 8 heteroatoms. The van der Waals surface area contributed by atoms with Crippen molar-refractivity contribution in [2.75, 3.05) is 5.01 Å². The fourth-order valence-electron chi connectivity index (χ4n) is 4.92. The van der Waals surface area contributed by atoms with E-state index in [9.17, 15) is 17.6 Å². The topological polar surface area (TPSA) is 34.1 Å². The van der Waals surface area contributed by atoms with E-state index >= 15 is 0 Å². The summed E-state index contributed by atoms with van der Waals surface area (Å²) >= 11 is 0. The monoisotopic (exact) mass is 496 g/mol. The van der Waals surface area contributed by atoms with Crippen LogP contribution in [-0.2, 0) is 0 Å². The van der Waals surface area contributed by atoms with E-state index in [-0.39, 0.29) is 23.5 Å². The zero-order valence-electron chi connectivity index (χ0n) is 19.2. The van der Waals surface area contributed by atoms with E-state index < -0.39 is 13.2 Å². The lowest BCUT2D eigenvalue weighted by molar-refractivity contribution is -0.0505. The second-order valence-electron chi connectivity index (χ2n) is 8.67. The molecule has 1 heterocycles. The van der Waals surface area contributed by atoms with Crippen molar-refractivity contribution < 1.29 is 27.0 Å². The second kappa shape index (κ2) is 10.4. The van der Waals surface area contributed by atoms with Gasteiger partial charge in [-0.3, -0.25) is 5.01 Å². The van der Waals surface area contributed by atoms with Crippen molar-refractivity contribution in [3.05, 3.63) is 95.6 Å². The van der Waals surface area contributed by atoms with Crippen molar-refractivity contribution >= 4 is 17.5 Å². The number of hydrazone groups is 1. The quantitative estimate of drug-likeness (QED) is 0.315. The molecule has 0 N–H and O–H groups in total. The van der Waals surface area contributed by atoms with E-state index in [4.69, 9.17) is 5.10 Å². The second-order valence-corrected chi connectivity index (χ2v) is 8.67. The summed E-state index contributed by atoms with van der Waals surface area (Å²) in [5.41, 5.74) is 4.84. The van der Waals surface area contributed by atoms with Crippen molar-refractivity contribution in [3.8, 4) is 11.5 Å². The van der Waals surface area contributed by atoms with E-state index in [1.807, 2.05) is 53.5 Å². The number of allylic oxidation sites excluding steroid dienone is 1. The van der Waals surface area contributed by atoms with Gasteiger partial charge in [-0.1, -0.05) is 42.5 Å². The van der Waals surface area contributed by atoms with Gasteiger partial charge in [0.25, 0.3) is 0 Å². The Kier molecular flexibility index (Phi) is 6.93. The van der Waals surface area contributed by atoms with Crippen molar-refractivity contribution in [3.63, 3.8) is 0 Å². The van der Waals surface area contributed by atoms with Gasteiger partial charge in [0, 0.05) is 5.92 Å². The van der Waals surface area contributed by atoms with Gasteiger partial charge in [0.05, 0.1) is 17.4 Å². The summed E-state index contributed by atoms with van der Waals surface area (Å²) in [6, 6.07) is 23.0. The van der Waals surface area contributed by atoms with Gasteiger partial charge in [-0.2, -0.15) is 22.7 Å². The molecule has 5 rings (SSSR count). The Morgan fingerprint density at radius 3 is 2.03 bits per heavy atom. The predicted molar refractivity (Wildman–Crippen MR) is 131 cm³/mol. The van der Waals surface area contributed by atoms with Crippen LogP contribution in [0.25, 0.3) is 6.08 Å². The summed E-state index contributed by atoms with van der Waals surface area (Å²) in [6.07, 6.45) is 4.79. The van der Waals surface area contributed by atoms with Crippen LogP contribution in [0.4, 0.5) is 23.2 Å². The minimum absolute atomic E-state index is 0.103. The number of anilines is 1. The summed E-state index contributed by atoms with van der Waals surface area (Å²) in [4.78, 5) is 0. The standard InChI is InChI=1S/C28H24F4N2O2/c29-27(30)35-22-13-9-18(10-14-22)17-20-5-4-8-24-25(20)33-34(21-6-2-1-3-7-21)26(24)19-11-15-23(16-12-19)36-28(31)32/h1-3,6-7,9-17,24,26-28H,4-5,8H2/b20-17-/t24-,26+/m0/s1. The SMILES string of the molecule is FC(F)Oc1ccc(/C=C2/CCC[C@H]3C2=NN(c2ccccc2)[C@@H]3c2ccc(OC(F)F)cc2)cc1. The van der Waals surface area contributed by atoms with Gasteiger partial charge in [-0.25, -0.2) is 0 Å². The Morgan fingerprint density at radius 1 is 0.806 bits per heavy atom. The average molecular weight is 497 g/mol. The Balaban J connectivity index is 1.48. The number of rotatable bonds is 7. The number of hydrogen-bond acceptors (Lipinski definition) is 4. The van der Waals surface area contributed by atoms with Gasteiger partial charge in [0.2, 0.25) is 0 Å². The highest BCUT2D eigenvalue weighted by Crippen LogP contribution is 2.46. The molecule has 1 fully saturated rings. The molecule has 1 saturated carbocycles. The zero-order valence-corrected chi connectivity index (χ0v) is 19.2. The number of benzene rings is 3. The normalized spacial score (nSPS) is 20.6. The third-order valence-electron chi connectivity index (χ3n) is 6.42. The predicted octanol–water partition coefficient (Wildman–Crippen LogP) is 7.69. The minimum atomic E-state index is -2.87. The van der Waals surface area contributed by atoms with Crippen LogP contribution in [-0.4, -0.2) is 18.9 Å². The van der Waals surface area contributed by atoms with Crippen LogP contribution in [0.15, 0.2) is 89.5 Å². The fourth-order valence-corrected chi connectivity index (χ4v) is 4.92. The Bertz CT molecular complexity index is 1230. The lowest BCUT2D eigenvalue weighted by atomic mass is 9.77. The summed E-state index contributed by atoms with van der Waals surface area (Å²) < 4.78 is 59.2. The molecule has 36 heavy (non-hydrogen) atoms. The summed E-state index contributed by atoms with van der Waals surface area (Å²) in [5.74, 6) is 0.331. The van der Waals surface area contributed by atoms with Gasteiger partial charge in [0.15, 0.2) is 0 Å². The van der Waals surface area contributed by atoms with Gasteiger partial charge < -0.3 is 9.47 Å². The minimum Gasteiger partial charge on any atom is -0.435 e. The molecule has 0 bridgehead atoms. The molecule has 0 unspecified atom stereocenters. The third kappa shape index (κ3) is 5.22. The molecule has 2 aliphatic rings. The van der Waals surface area contributed by atoms with Crippen LogP contribution in [0.3, 0.4) is 0 Å². The molecule has 4 nitrogen and oxygen atoms in total. The lowest BCUT2D eigenvalue weighted by Crippen LogP contribution is -2.28. The number of hydrogen-bond donors (Lipinski definition) is 0. The molecule has 3 aromatic carbocycles. The van der Waals surface area contributed by atoms with Gasteiger partial charge in [-0.05, 0) is 78.4 Å². The average Bonchev–Trinajstić information content (AvgIpc) is 3.26. The number of nitrogens with zero attached hydrogens (tertiary/aromatic N) is 2. The molecular formula is C28H24F4N2O2. The third-order valence-corrected chi connectivity index (χ3v) is 6.42. The highest BCUT2D eigenvalue weighted by Gasteiger charge is 2.41. The Morgan fingerprint density at radius 2 is 1.42 bits per heavy atom. The van der Waals surface area contributed by atoms with Crippen molar-refractivity contribution in [2.45, 2.75) is 38.5 Å². The first kappa shape index (κ1) is 23.9. The van der Waals surface area contributed by atoms with Crippen LogP contribution in [0.2, 0.25) is 0 Å². The van der Waals surface area contributed by atoms with E-state index in [0.29, 0.717) is 0 Å². The van der Waals surface area contributed by atoms with E-state index in [1.165, 1.54) is 12.1 Å². The van der Waals surface area contributed by atoms with Gasteiger partial charge in [0.1, 0.15) is 11.5 Å². The number of alkyl halides is 4. The van der Waals surface area contributed by atoms with Crippen molar-refractivity contribution in [1.29, 1.82) is 0 Å². The molecule has 2 atom stereocenters. The summed E-state index contributed by atoms with van der Waals surface area (Å²) in [7, 11) is 0. The van der Waals surface area contributed by atoms with Crippen LogP contribution in [0.1, 0.15) is 36.4 Å². The molecule has 0 radical (unpaired) electrons.